The second-order valence-electron chi connectivity index (χ2n) is 7.93. The van der Waals surface area contributed by atoms with Gasteiger partial charge in [-0.1, -0.05) is 43.5 Å². The fraction of sp³-hybridized carbons (Fsp3) is 0.261. The van der Waals surface area contributed by atoms with Crippen LogP contribution >= 0.6 is 0 Å². The Balaban J connectivity index is 1.48. The lowest BCUT2D eigenvalue weighted by Crippen LogP contribution is -2.12. The van der Waals surface area contributed by atoms with Crippen molar-refractivity contribution in [2.45, 2.75) is 38.0 Å². The van der Waals surface area contributed by atoms with E-state index in [0.29, 0.717) is 33.5 Å². The molecule has 4 N–H and O–H groups in total. The number of aromatic nitrogens is 4. The lowest BCUT2D eigenvalue weighted by atomic mass is 9.84. The maximum atomic E-state index is 12.4. The van der Waals surface area contributed by atoms with Crippen molar-refractivity contribution in [2.24, 2.45) is 0 Å². The number of hydrogen-bond acceptors (Lipinski definition) is 4. The van der Waals surface area contributed by atoms with Crippen LogP contribution in [0, 0.1) is 0 Å². The van der Waals surface area contributed by atoms with Crippen molar-refractivity contribution in [3.05, 3.63) is 74.1 Å². The van der Waals surface area contributed by atoms with Gasteiger partial charge in [0.25, 0.3) is 5.56 Å². The number of aromatic amines is 3. The molecule has 2 heterocycles. The summed E-state index contributed by atoms with van der Waals surface area (Å²) >= 11 is 0. The Morgan fingerprint density at radius 1 is 0.933 bits per heavy atom. The van der Waals surface area contributed by atoms with Crippen molar-refractivity contribution in [3.8, 4) is 0 Å². The first-order valence-corrected chi connectivity index (χ1v) is 10.2. The molecule has 7 heteroatoms. The van der Waals surface area contributed by atoms with Gasteiger partial charge in [-0.25, -0.2) is 9.78 Å². The van der Waals surface area contributed by atoms with Crippen LogP contribution in [-0.2, 0) is 0 Å². The second-order valence-corrected chi connectivity index (χ2v) is 7.93. The lowest BCUT2D eigenvalue weighted by molar-refractivity contribution is 0.443. The van der Waals surface area contributed by atoms with Crippen LogP contribution in [0.2, 0.25) is 0 Å². The van der Waals surface area contributed by atoms with E-state index < -0.39 is 5.56 Å². The number of imidazole rings is 1. The first-order chi connectivity index (χ1) is 14.6. The molecule has 1 aliphatic carbocycles. The summed E-state index contributed by atoms with van der Waals surface area (Å²) < 4.78 is 0. The van der Waals surface area contributed by atoms with Gasteiger partial charge in [-0.15, -0.1) is 0 Å². The maximum Gasteiger partial charge on any atom is 0.323 e. The average molecular weight is 402 g/mol. The molecular weight excluding hydrogens is 380 g/mol. The van der Waals surface area contributed by atoms with Gasteiger partial charge in [0.05, 0.1) is 22.1 Å². The van der Waals surface area contributed by atoms with E-state index in [2.05, 4.69) is 32.1 Å². The summed E-state index contributed by atoms with van der Waals surface area (Å²) in [6.07, 6.45) is 7.68. The molecule has 1 saturated carbocycles. The summed E-state index contributed by atoms with van der Waals surface area (Å²) in [7, 11) is 0. The third kappa shape index (κ3) is 3.43. The van der Waals surface area contributed by atoms with Crippen LogP contribution in [-0.4, -0.2) is 25.0 Å². The minimum absolute atomic E-state index is 0.0151. The molecule has 0 unspecified atom stereocenters. The molecule has 2 aromatic carbocycles. The SMILES string of the molecule is O=c1[nH]c2cc3nc(C=C(O)c4ccc(C5CCCCC5)cc4)c(=O)[nH]c3cc2[nH]1. The van der Waals surface area contributed by atoms with E-state index in [1.807, 2.05) is 12.1 Å². The Labute approximate surface area is 171 Å². The molecule has 0 amide bonds. The first-order valence-electron chi connectivity index (χ1n) is 10.2. The third-order valence-electron chi connectivity index (χ3n) is 5.91. The summed E-state index contributed by atoms with van der Waals surface area (Å²) in [6.45, 7) is 0. The van der Waals surface area contributed by atoms with E-state index in [1.54, 1.807) is 12.1 Å². The van der Waals surface area contributed by atoms with Crippen LogP contribution in [0.25, 0.3) is 33.9 Å². The standard InChI is InChI=1S/C23H22N4O3/c28-21(15-8-6-14(7-9-15)13-4-2-1-3-5-13)12-20-22(29)25-17-11-19-18(10-16(17)24-20)26-23(30)27-19/h6-13,28H,1-5H2,(H,25,29)(H2,26,27,30). The Kier molecular flexibility index (Phi) is 4.50. The molecule has 0 saturated heterocycles. The maximum absolute atomic E-state index is 12.4. The zero-order valence-corrected chi connectivity index (χ0v) is 16.4. The van der Waals surface area contributed by atoms with Gasteiger partial charge >= 0.3 is 5.69 Å². The predicted octanol–water partition coefficient (Wildman–Crippen LogP) is 4.20. The highest BCUT2D eigenvalue weighted by molar-refractivity contribution is 5.91. The van der Waals surface area contributed by atoms with Crippen LogP contribution in [0.3, 0.4) is 0 Å². The summed E-state index contributed by atoms with van der Waals surface area (Å²) in [4.78, 5) is 36.4. The van der Waals surface area contributed by atoms with Gasteiger partial charge in [0.15, 0.2) is 0 Å². The number of nitrogens with one attached hydrogen (secondary N) is 3. The molecule has 0 aliphatic heterocycles. The van der Waals surface area contributed by atoms with Gasteiger partial charge in [0.2, 0.25) is 0 Å². The minimum Gasteiger partial charge on any atom is -0.507 e. The van der Waals surface area contributed by atoms with Gasteiger partial charge < -0.3 is 20.1 Å². The molecule has 0 atom stereocenters. The van der Waals surface area contributed by atoms with Crippen LogP contribution in [0.4, 0.5) is 0 Å². The molecule has 152 valence electrons. The minimum atomic E-state index is -0.412. The van der Waals surface area contributed by atoms with Gasteiger partial charge in [-0.3, -0.25) is 4.79 Å². The Morgan fingerprint density at radius 2 is 1.63 bits per heavy atom. The van der Waals surface area contributed by atoms with Crippen LogP contribution in [0.1, 0.15) is 54.8 Å². The molecule has 5 rings (SSSR count). The van der Waals surface area contributed by atoms with Crippen molar-refractivity contribution >= 4 is 33.9 Å². The number of nitrogens with zero attached hydrogens (tertiary/aromatic N) is 1. The summed E-state index contributed by atoms with van der Waals surface area (Å²) in [5.41, 5.74) is 3.54. The van der Waals surface area contributed by atoms with Gasteiger partial charge in [-0.2, -0.15) is 0 Å². The average Bonchev–Trinajstić information content (AvgIpc) is 3.12. The third-order valence-corrected chi connectivity index (χ3v) is 5.91. The van der Waals surface area contributed by atoms with E-state index >= 15 is 0 Å². The number of aliphatic hydroxyl groups excluding tert-OH is 1. The van der Waals surface area contributed by atoms with Crippen molar-refractivity contribution < 1.29 is 5.11 Å². The molecule has 1 aliphatic rings. The highest BCUT2D eigenvalue weighted by Gasteiger charge is 2.15. The van der Waals surface area contributed by atoms with Crippen LogP contribution in [0.15, 0.2) is 46.0 Å². The molecular formula is C23H22N4O3. The van der Waals surface area contributed by atoms with Gasteiger partial charge in [-0.05, 0) is 36.5 Å². The summed E-state index contributed by atoms with van der Waals surface area (Å²) in [6, 6.07) is 11.2. The molecule has 0 radical (unpaired) electrons. The van der Waals surface area contributed by atoms with E-state index in [1.165, 1.54) is 43.7 Å². The summed E-state index contributed by atoms with van der Waals surface area (Å²) in [5.74, 6) is 0.583. The number of H-pyrrole nitrogens is 3. The van der Waals surface area contributed by atoms with E-state index in [-0.39, 0.29) is 17.1 Å². The fourth-order valence-electron chi connectivity index (χ4n) is 4.30. The molecule has 7 nitrogen and oxygen atoms in total. The van der Waals surface area contributed by atoms with Crippen LogP contribution < -0.4 is 11.2 Å². The van der Waals surface area contributed by atoms with E-state index in [4.69, 9.17) is 0 Å². The topological polar surface area (TPSA) is 115 Å². The Bertz CT molecular complexity index is 1370. The lowest BCUT2D eigenvalue weighted by Gasteiger charge is -2.22. The number of benzene rings is 2. The van der Waals surface area contributed by atoms with Crippen molar-refractivity contribution in [2.75, 3.05) is 0 Å². The normalized spacial score (nSPS) is 15.8. The zero-order valence-electron chi connectivity index (χ0n) is 16.4. The number of hydrogen-bond donors (Lipinski definition) is 4. The number of rotatable bonds is 3. The Hall–Kier alpha value is -3.61. The predicted molar refractivity (Wildman–Crippen MR) is 118 cm³/mol. The van der Waals surface area contributed by atoms with Crippen molar-refractivity contribution in [1.82, 2.24) is 19.9 Å². The quantitative estimate of drug-likeness (QED) is 0.385. The molecule has 2 aromatic heterocycles. The monoisotopic (exact) mass is 402 g/mol. The molecule has 0 spiro atoms. The largest absolute Gasteiger partial charge is 0.507 e. The van der Waals surface area contributed by atoms with Gasteiger partial charge in [0, 0.05) is 11.6 Å². The highest BCUT2D eigenvalue weighted by atomic mass is 16.3. The fourth-order valence-corrected chi connectivity index (χ4v) is 4.30. The molecule has 4 aromatic rings. The molecule has 1 fully saturated rings. The number of fused-ring (bicyclic) bond motifs is 2. The van der Waals surface area contributed by atoms with Crippen molar-refractivity contribution in [3.63, 3.8) is 0 Å². The molecule has 0 bridgehead atoms. The number of aliphatic hydroxyl groups is 1. The van der Waals surface area contributed by atoms with E-state index in [0.717, 1.165) is 0 Å². The molecule has 30 heavy (non-hydrogen) atoms. The first kappa shape index (κ1) is 18.4. The van der Waals surface area contributed by atoms with Crippen LogP contribution in [0.5, 0.6) is 0 Å². The Morgan fingerprint density at radius 3 is 2.37 bits per heavy atom. The second kappa shape index (κ2) is 7.33. The smallest absolute Gasteiger partial charge is 0.323 e. The van der Waals surface area contributed by atoms with E-state index in [9.17, 15) is 14.7 Å². The highest BCUT2D eigenvalue weighted by Crippen LogP contribution is 2.33. The van der Waals surface area contributed by atoms with Gasteiger partial charge in [0.1, 0.15) is 11.5 Å². The summed E-state index contributed by atoms with van der Waals surface area (Å²) in [5, 5.41) is 10.6. The van der Waals surface area contributed by atoms with Crippen molar-refractivity contribution in [1.29, 1.82) is 0 Å². The zero-order chi connectivity index (χ0) is 20.7.